The topological polar surface area (TPSA) is 32.3 Å². The molecule has 1 amide bonds. The second kappa shape index (κ2) is 6.41. The van der Waals surface area contributed by atoms with Gasteiger partial charge in [-0.3, -0.25) is 4.79 Å². The number of benzene rings is 1. The van der Waals surface area contributed by atoms with Crippen molar-refractivity contribution in [2.75, 3.05) is 12.8 Å². The maximum atomic E-state index is 12.1. The van der Waals surface area contributed by atoms with Gasteiger partial charge in [0.15, 0.2) is 0 Å². The van der Waals surface area contributed by atoms with E-state index in [-0.39, 0.29) is 5.91 Å². The van der Waals surface area contributed by atoms with Gasteiger partial charge < -0.3 is 10.2 Å². The van der Waals surface area contributed by atoms with Gasteiger partial charge in [-0.25, -0.2) is 0 Å². The molecule has 2 heterocycles. The van der Waals surface area contributed by atoms with Gasteiger partial charge in [0, 0.05) is 23.0 Å². The molecule has 1 aromatic rings. The summed E-state index contributed by atoms with van der Waals surface area (Å²) in [7, 11) is 2.23. The summed E-state index contributed by atoms with van der Waals surface area (Å²) in [5, 5.41) is 3.24. The molecule has 4 heteroatoms. The zero-order chi connectivity index (χ0) is 14.8. The van der Waals surface area contributed by atoms with E-state index >= 15 is 0 Å². The molecule has 0 aromatic heterocycles. The molecule has 2 bridgehead atoms. The van der Waals surface area contributed by atoms with E-state index in [4.69, 9.17) is 0 Å². The van der Waals surface area contributed by atoms with Crippen molar-refractivity contribution in [3.05, 3.63) is 29.8 Å². The number of nitrogens with zero attached hydrogens (tertiary/aromatic N) is 1. The van der Waals surface area contributed by atoms with Crippen LogP contribution in [0.5, 0.6) is 0 Å². The van der Waals surface area contributed by atoms with Gasteiger partial charge in [0.25, 0.3) is 0 Å². The van der Waals surface area contributed by atoms with E-state index in [1.54, 1.807) is 11.8 Å². The average molecular weight is 304 g/mol. The Bertz CT molecular complexity index is 488. The van der Waals surface area contributed by atoms with Crippen molar-refractivity contribution in [1.82, 2.24) is 10.2 Å². The standard InChI is InChI=1S/C17H24N2OS/c1-12-3-7-16(8-4-12)21-11-17(20)18-13-9-14-5-6-15(10-13)19(14)2/h3-4,7-8,13-15H,5-6,9-11H2,1-2H3,(H,18,20)/t14-,15-/m0/s1. The van der Waals surface area contributed by atoms with E-state index < -0.39 is 0 Å². The lowest BCUT2D eigenvalue weighted by atomic mass is 9.98. The third-order valence-corrected chi connectivity index (χ3v) is 5.87. The molecule has 3 nitrogen and oxygen atoms in total. The van der Waals surface area contributed by atoms with Crippen molar-refractivity contribution in [1.29, 1.82) is 0 Å². The first-order valence-corrected chi connectivity index (χ1v) is 8.81. The lowest BCUT2D eigenvalue weighted by Gasteiger charge is -2.36. The number of rotatable bonds is 4. The summed E-state index contributed by atoms with van der Waals surface area (Å²) in [6, 6.07) is 10.1. The Hall–Kier alpha value is -1.00. The highest BCUT2D eigenvalue weighted by molar-refractivity contribution is 8.00. The molecule has 2 saturated heterocycles. The van der Waals surface area contributed by atoms with Gasteiger partial charge in [0.2, 0.25) is 5.91 Å². The first kappa shape index (κ1) is 14.9. The highest BCUT2D eigenvalue weighted by atomic mass is 32.2. The molecule has 3 rings (SSSR count). The molecule has 0 radical (unpaired) electrons. The molecule has 2 atom stereocenters. The van der Waals surface area contributed by atoms with Gasteiger partial charge in [-0.05, 0) is 51.8 Å². The Labute approximate surface area is 131 Å². The van der Waals surface area contributed by atoms with Gasteiger partial charge in [-0.2, -0.15) is 0 Å². The fourth-order valence-corrected chi connectivity index (χ4v) is 4.29. The van der Waals surface area contributed by atoms with Crippen LogP contribution in [0.4, 0.5) is 0 Å². The molecule has 1 aromatic carbocycles. The molecule has 0 saturated carbocycles. The minimum atomic E-state index is 0.175. The number of hydrogen-bond acceptors (Lipinski definition) is 3. The van der Waals surface area contributed by atoms with Crippen molar-refractivity contribution in [3.63, 3.8) is 0 Å². The van der Waals surface area contributed by atoms with Crippen molar-refractivity contribution in [2.24, 2.45) is 0 Å². The number of fused-ring (bicyclic) bond motifs is 2. The van der Waals surface area contributed by atoms with Crippen LogP contribution in [0.1, 0.15) is 31.2 Å². The third-order valence-electron chi connectivity index (χ3n) is 4.85. The second-order valence-electron chi connectivity index (χ2n) is 6.39. The largest absolute Gasteiger partial charge is 0.353 e. The van der Waals surface area contributed by atoms with E-state index in [0.29, 0.717) is 23.9 Å². The molecule has 0 spiro atoms. The average Bonchev–Trinajstić information content (AvgIpc) is 2.69. The Kier molecular flexibility index (Phi) is 4.55. The summed E-state index contributed by atoms with van der Waals surface area (Å²) in [6.07, 6.45) is 4.83. The predicted octanol–water partition coefficient (Wildman–Crippen LogP) is 2.83. The van der Waals surface area contributed by atoms with Crippen molar-refractivity contribution >= 4 is 17.7 Å². The highest BCUT2D eigenvalue weighted by Gasteiger charge is 2.38. The van der Waals surface area contributed by atoms with Crippen LogP contribution in [-0.2, 0) is 4.79 Å². The van der Waals surface area contributed by atoms with E-state index in [1.807, 2.05) is 0 Å². The molecule has 0 aliphatic carbocycles. The predicted molar refractivity (Wildman–Crippen MR) is 87.6 cm³/mol. The Morgan fingerprint density at radius 1 is 1.24 bits per heavy atom. The molecular weight excluding hydrogens is 280 g/mol. The van der Waals surface area contributed by atoms with Crippen LogP contribution >= 0.6 is 11.8 Å². The van der Waals surface area contributed by atoms with Crippen LogP contribution in [0.25, 0.3) is 0 Å². The summed E-state index contributed by atoms with van der Waals surface area (Å²) in [5.41, 5.74) is 1.26. The summed E-state index contributed by atoms with van der Waals surface area (Å²) >= 11 is 1.62. The lowest BCUT2D eigenvalue weighted by Crippen LogP contribution is -2.49. The number of hydrogen-bond donors (Lipinski definition) is 1. The second-order valence-corrected chi connectivity index (χ2v) is 7.44. The van der Waals surface area contributed by atoms with Crippen LogP contribution in [0, 0.1) is 6.92 Å². The molecule has 21 heavy (non-hydrogen) atoms. The van der Waals surface area contributed by atoms with Crippen molar-refractivity contribution < 1.29 is 4.79 Å². The van der Waals surface area contributed by atoms with Crippen LogP contribution in [0.15, 0.2) is 29.2 Å². The first-order valence-electron chi connectivity index (χ1n) is 7.82. The number of aryl methyl sites for hydroxylation is 1. The molecule has 0 unspecified atom stereocenters. The summed E-state index contributed by atoms with van der Waals surface area (Å²) in [5.74, 6) is 0.694. The van der Waals surface area contributed by atoms with E-state index in [0.717, 1.165) is 12.8 Å². The molecule has 1 N–H and O–H groups in total. The number of carbonyl (C=O) groups excluding carboxylic acids is 1. The maximum absolute atomic E-state index is 12.1. The first-order chi connectivity index (χ1) is 10.1. The zero-order valence-electron chi connectivity index (χ0n) is 12.8. The fourth-order valence-electron chi connectivity index (χ4n) is 3.58. The van der Waals surface area contributed by atoms with Gasteiger partial charge in [-0.15, -0.1) is 11.8 Å². The summed E-state index contributed by atoms with van der Waals surface area (Å²) < 4.78 is 0. The van der Waals surface area contributed by atoms with Crippen LogP contribution < -0.4 is 5.32 Å². The minimum absolute atomic E-state index is 0.175. The molecule has 2 fully saturated rings. The number of nitrogens with one attached hydrogen (secondary N) is 1. The molecule has 2 aliphatic rings. The van der Waals surface area contributed by atoms with Gasteiger partial charge in [-0.1, -0.05) is 17.7 Å². The van der Waals surface area contributed by atoms with Crippen molar-refractivity contribution in [2.45, 2.75) is 55.6 Å². The van der Waals surface area contributed by atoms with Crippen LogP contribution in [-0.4, -0.2) is 41.7 Å². The van der Waals surface area contributed by atoms with Gasteiger partial charge >= 0.3 is 0 Å². The van der Waals surface area contributed by atoms with E-state index in [1.165, 1.54) is 23.3 Å². The zero-order valence-corrected chi connectivity index (χ0v) is 13.7. The van der Waals surface area contributed by atoms with Crippen molar-refractivity contribution in [3.8, 4) is 0 Å². The summed E-state index contributed by atoms with van der Waals surface area (Å²) in [4.78, 5) is 15.8. The number of piperidine rings is 1. The fraction of sp³-hybridized carbons (Fsp3) is 0.588. The van der Waals surface area contributed by atoms with Gasteiger partial charge in [0.05, 0.1) is 5.75 Å². The highest BCUT2D eigenvalue weighted by Crippen LogP contribution is 2.34. The molecule has 2 aliphatic heterocycles. The smallest absolute Gasteiger partial charge is 0.230 e. The summed E-state index contributed by atoms with van der Waals surface area (Å²) in [6.45, 7) is 2.08. The molecule has 114 valence electrons. The lowest BCUT2D eigenvalue weighted by molar-refractivity contribution is -0.119. The van der Waals surface area contributed by atoms with Crippen LogP contribution in [0.3, 0.4) is 0 Å². The molecular formula is C17H24N2OS. The Morgan fingerprint density at radius 2 is 1.86 bits per heavy atom. The van der Waals surface area contributed by atoms with E-state index in [2.05, 4.69) is 48.5 Å². The number of carbonyl (C=O) groups is 1. The minimum Gasteiger partial charge on any atom is -0.353 e. The third kappa shape index (κ3) is 3.61. The normalized spacial score (nSPS) is 28.6. The van der Waals surface area contributed by atoms with Crippen LogP contribution in [0.2, 0.25) is 0 Å². The maximum Gasteiger partial charge on any atom is 0.230 e. The van der Waals surface area contributed by atoms with Gasteiger partial charge in [0.1, 0.15) is 0 Å². The number of amides is 1. The Morgan fingerprint density at radius 3 is 2.48 bits per heavy atom. The quantitative estimate of drug-likeness (QED) is 0.868. The SMILES string of the molecule is Cc1ccc(SCC(=O)NC2C[C@@H]3CC[C@@H](C2)N3C)cc1. The monoisotopic (exact) mass is 304 g/mol. The Balaban J connectivity index is 1.45. The van der Waals surface area contributed by atoms with E-state index in [9.17, 15) is 4.79 Å². The number of thioether (sulfide) groups is 1.